The summed E-state index contributed by atoms with van der Waals surface area (Å²) in [5.41, 5.74) is 13.8. The quantitative estimate of drug-likeness (QED) is 0.332. The van der Waals surface area contributed by atoms with Gasteiger partial charge in [-0.3, -0.25) is 0 Å². The second-order valence-corrected chi connectivity index (χ2v) is 4.59. The van der Waals surface area contributed by atoms with E-state index in [0.29, 0.717) is 11.4 Å². The maximum absolute atomic E-state index is 8.82. The molecular weight excluding hydrogens is 252 g/mol. The Balaban J connectivity index is 3.17. The average molecular weight is 272 g/mol. The van der Waals surface area contributed by atoms with E-state index in [2.05, 4.69) is 16.7 Å². The molecule has 1 aromatic carbocycles. The molecule has 1 rings (SSSR count). The van der Waals surface area contributed by atoms with Crippen molar-refractivity contribution in [3.63, 3.8) is 0 Å². The zero-order valence-corrected chi connectivity index (χ0v) is 11.7. The number of hydrogen-bond acceptors (Lipinski definition) is 4. The molecule has 0 aliphatic carbocycles. The van der Waals surface area contributed by atoms with Crippen LogP contribution in [0, 0.1) is 5.92 Å². The Hall–Kier alpha value is -2.56. The van der Waals surface area contributed by atoms with E-state index in [1.54, 1.807) is 6.08 Å². The van der Waals surface area contributed by atoms with Crippen LogP contribution in [0.3, 0.4) is 0 Å². The highest BCUT2D eigenvalue weighted by Gasteiger charge is 2.07. The zero-order valence-electron chi connectivity index (χ0n) is 11.7. The number of aliphatic imine (C=N–C) groups is 1. The first-order valence-corrected chi connectivity index (χ1v) is 6.23. The third kappa shape index (κ3) is 4.28. The van der Waals surface area contributed by atoms with Gasteiger partial charge in [0.15, 0.2) is 5.84 Å². The lowest BCUT2D eigenvalue weighted by atomic mass is 10.1. The number of nitrogens with two attached hydrogens (primary N) is 2. The third-order valence-corrected chi connectivity index (χ3v) is 2.70. The van der Waals surface area contributed by atoms with Crippen molar-refractivity contribution in [2.45, 2.75) is 13.8 Å². The van der Waals surface area contributed by atoms with Gasteiger partial charge < -0.3 is 16.7 Å². The van der Waals surface area contributed by atoms with E-state index < -0.39 is 0 Å². The molecule has 0 saturated heterocycles. The van der Waals surface area contributed by atoms with E-state index in [1.165, 1.54) is 0 Å². The zero-order chi connectivity index (χ0) is 15.1. The lowest BCUT2D eigenvalue weighted by molar-refractivity contribution is 0.319. The number of allylic oxidation sites excluding steroid dienone is 1. The van der Waals surface area contributed by atoms with E-state index in [1.807, 2.05) is 44.2 Å². The molecule has 0 aliphatic rings. The van der Waals surface area contributed by atoms with Crippen molar-refractivity contribution in [2.75, 3.05) is 0 Å². The van der Waals surface area contributed by atoms with Crippen LogP contribution in [0.5, 0.6) is 0 Å². The average Bonchev–Trinajstić information content (AvgIpc) is 2.46. The monoisotopic (exact) mass is 272 g/mol. The highest BCUT2D eigenvalue weighted by molar-refractivity contribution is 6.46. The van der Waals surface area contributed by atoms with Crippen molar-refractivity contribution < 1.29 is 5.21 Å². The van der Waals surface area contributed by atoms with E-state index in [-0.39, 0.29) is 17.5 Å². The molecule has 0 heterocycles. The molecule has 0 bridgehead atoms. The third-order valence-electron chi connectivity index (χ3n) is 2.70. The molecule has 0 spiro atoms. The minimum Gasteiger partial charge on any atom is -0.409 e. The van der Waals surface area contributed by atoms with Crippen LogP contribution >= 0.6 is 0 Å². The molecular formula is C15H20N4O. The Labute approximate surface area is 119 Å². The van der Waals surface area contributed by atoms with Gasteiger partial charge in [0, 0.05) is 11.4 Å². The number of benzene rings is 1. The molecule has 5 heteroatoms. The van der Waals surface area contributed by atoms with Gasteiger partial charge in [-0.2, -0.15) is 0 Å². The molecule has 5 N–H and O–H groups in total. The predicted octanol–water partition coefficient (Wildman–Crippen LogP) is 2.34. The Morgan fingerprint density at radius 3 is 2.35 bits per heavy atom. The van der Waals surface area contributed by atoms with Crippen LogP contribution in [0.15, 0.2) is 58.8 Å². The lowest BCUT2D eigenvalue weighted by Crippen LogP contribution is -2.23. The van der Waals surface area contributed by atoms with Crippen molar-refractivity contribution in [3.05, 3.63) is 54.2 Å². The van der Waals surface area contributed by atoms with E-state index in [0.717, 1.165) is 5.56 Å². The van der Waals surface area contributed by atoms with E-state index in [9.17, 15) is 0 Å². The SMILES string of the molecule is C=C(N=C(/C=C(\N)c1ccccc1)/C(N)=N/O)C(C)C. The van der Waals surface area contributed by atoms with E-state index >= 15 is 0 Å². The molecule has 5 nitrogen and oxygen atoms in total. The number of amidine groups is 1. The standard InChI is InChI=1S/C15H20N4O/c1-10(2)11(3)18-14(15(17)19-20)9-13(16)12-7-5-4-6-8-12/h4-10,20H,3,16H2,1-2H3,(H2,17,19)/b13-9-,18-14?. The van der Waals surface area contributed by atoms with Gasteiger partial charge in [0.2, 0.25) is 0 Å². The number of hydrogen-bond donors (Lipinski definition) is 3. The maximum atomic E-state index is 8.82. The van der Waals surface area contributed by atoms with Crippen LogP contribution in [0.4, 0.5) is 0 Å². The number of rotatable bonds is 5. The second kappa shape index (κ2) is 7.13. The van der Waals surface area contributed by atoms with E-state index in [4.69, 9.17) is 16.7 Å². The summed E-state index contributed by atoms with van der Waals surface area (Å²) in [7, 11) is 0. The number of oxime groups is 1. The predicted molar refractivity (Wildman–Crippen MR) is 83.4 cm³/mol. The Morgan fingerprint density at radius 2 is 1.85 bits per heavy atom. The second-order valence-electron chi connectivity index (χ2n) is 4.59. The fourth-order valence-corrected chi connectivity index (χ4v) is 1.36. The molecule has 0 atom stereocenters. The van der Waals surface area contributed by atoms with Gasteiger partial charge in [-0.05, 0) is 17.6 Å². The molecule has 0 aliphatic heterocycles. The minimum atomic E-state index is -0.106. The summed E-state index contributed by atoms with van der Waals surface area (Å²) in [4.78, 5) is 4.26. The molecule has 106 valence electrons. The first-order valence-electron chi connectivity index (χ1n) is 6.23. The molecule has 0 aromatic heterocycles. The highest BCUT2D eigenvalue weighted by Crippen LogP contribution is 2.11. The fourth-order valence-electron chi connectivity index (χ4n) is 1.36. The van der Waals surface area contributed by atoms with Crippen molar-refractivity contribution in [3.8, 4) is 0 Å². The van der Waals surface area contributed by atoms with Gasteiger partial charge in [0.25, 0.3) is 0 Å². The molecule has 0 radical (unpaired) electrons. The first-order chi connectivity index (χ1) is 9.45. The maximum Gasteiger partial charge on any atom is 0.188 e. The Bertz CT molecular complexity index is 556. The summed E-state index contributed by atoms with van der Waals surface area (Å²) in [6, 6.07) is 9.39. The van der Waals surface area contributed by atoms with Crippen LogP contribution in [0.25, 0.3) is 5.70 Å². The van der Waals surface area contributed by atoms with Gasteiger partial charge in [0.1, 0.15) is 5.71 Å². The molecule has 20 heavy (non-hydrogen) atoms. The topological polar surface area (TPSA) is 97.0 Å². The van der Waals surface area contributed by atoms with Gasteiger partial charge in [-0.1, -0.05) is 55.9 Å². The summed E-state index contributed by atoms with van der Waals surface area (Å²) < 4.78 is 0. The smallest absolute Gasteiger partial charge is 0.188 e. The van der Waals surface area contributed by atoms with Crippen LogP contribution in [0.2, 0.25) is 0 Å². The lowest BCUT2D eigenvalue weighted by Gasteiger charge is -2.07. The molecule has 0 amide bonds. The van der Waals surface area contributed by atoms with Gasteiger partial charge in [-0.15, -0.1) is 0 Å². The van der Waals surface area contributed by atoms with Gasteiger partial charge in [-0.25, -0.2) is 4.99 Å². The molecule has 0 fully saturated rings. The summed E-state index contributed by atoms with van der Waals surface area (Å²) in [6.07, 6.45) is 1.57. The Morgan fingerprint density at radius 1 is 1.25 bits per heavy atom. The summed E-state index contributed by atoms with van der Waals surface area (Å²) >= 11 is 0. The van der Waals surface area contributed by atoms with Crippen LogP contribution in [-0.4, -0.2) is 16.8 Å². The van der Waals surface area contributed by atoms with Gasteiger partial charge in [0.05, 0.1) is 0 Å². The minimum absolute atomic E-state index is 0.106. The fraction of sp³-hybridized carbons (Fsp3) is 0.200. The summed E-state index contributed by atoms with van der Waals surface area (Å²) in [6.45, 7) is 7.76. The van der Waals surface area contributed by atoms with Crippen molar-refractivity contribution >= 4 is 17.2 Å². The largest absolute Gasteiger partial charge is 0.409 e. The molecule has 1 aromatic rings. The Kier molecular flexibility index (Phi) is 5.53. The van der Waals surface area contributed by atoms with Crippen molar-refractivity contribution in [1.82, 2.24) is 0 Å². The summed E-state index contributed by atoms with van der Waals surface area (Å²) in [5.74, 6) is 0.0496. The van der Waals surface area contributed by atoms with Crippen molar-refractivity contribution in [2.24, 2.45) is 27.5 Å². The van der Waals surface area contributed by atoms with Crippen LogP contribution < -0.4 is 11.5 Å². The van der Waals surface area contributed by atoms with Crippen LogP contribution in [-0.2, 0) is 0 Å². The summed E-state index contributed by atoms with van der Waals surface area (Å²) in [5, 5.41) is 11.8. The van der Waals surface area contributed by atoms with Crippen molar-refractivity contribution in [1.29, 1.82) is 0 Å². The molecule has 0 saturated carbocycles. The normalized spacial score (nSPS) is 13.7. The molecule has 0 unspecified atom stereocenters. The highest BCUT2D eigenvalue weighted by atomic mass is 16.4. The number of nitrogens with zero attached hydrogens (tertiary/aromatic N) is 2. The van der Waals surface area contributed by atoms with Gasteiger partial charge >= 0.3 is 0 Å². The first kappa shape index (κ1) is 15.5. The van der Waals surface area contributed by atoms with Crippen LogP contribution in [0.1, 0.15) is 19.4 Å².